The lowest BCUT2D eigenvalue weighted by Crippen LogP contribution is -2.35. The molecule has 1 atom stereocenters. The number of anilines is 1. The molecule has 3 aromatic rings. The van der Waals surface area contributed by atoms with Gasteiger partial charge in [-0.2, -0.15) is 10.2 Å². The molecule has 1 saturated heterocycles. The standard InChI is InChI=1S/C20H16ClN5O3/c21-16-5-3-13(4-6-16)19-23-20(29-24-19)14-2-1-9-25(12-14)18-8-7-17(26(27)28)10-15(18)11-22/h3-8,10,14H,1-2,9,12H2. The molecule has 0 amide bonds. The number of nitriles is 1. The van der Waals surface area contributed by atoms with Crippen LogP contribution < -0.4 is 4.90 Å². The molecule has 0 bridgehead atoms. The van der Waals surface area contributed by atoms with Crippen molar-refractivity contribution < 1.29 is 9.45 Å². The fourth-order valence-electron chi connectivity index (χ4n) is 3.52. The fraction of sp³-hybridized carbons (Fsp3) is 0.250. The van der Waals surface area contributed by atoms with Crippen molar-refractivity contribution in [1.29, 1.82) is 5.26 Å². The van der Waals surface area contributed by atoms with Crippen molar-refractivity contribution in [3.63, 3.8) is 0 Å². The highest BCUT2D eigenvalue weighted by molar-refractivity contribution is 6.30. The second-order valence-electron chi connectivity index (χ2n) is 6.82. The molecule has 2 heterocycles. The molecule has 0 radical (unpaired) electrons. The van der Waals surface area contributed by atoms with E-state index in [1.54, 1.807) is 18.2 Å². The Balaban J connectivity index is 1.56. The van der Waals surface area contributed by atoms with E-state index in [9.17, 15) is 15.4 Å². The van der Waals surface area contributed by atoms with Gasteiger partial charge in [-0.1, -0.05) is 16.8 Å². The molecule has 0 N–H and O–H groups in total. The third-order valence-corrected chi connectivity index (χ3v) is 5.22. The van der Waals surface area contributed by atoms with Gasteiger partial charge in [0.15, 0.2) is 0 Å². The molecule has 0 aliphatic carbocycles. The third-order valence-electron chi connectivity index (χ3n) is 4.97. The summed E-state index contributed by atoms with van der Waals surface area (Å²) in [4.78, 5) is 17.1. The van der Waals surface area contributed by atoms with E-state index in [0.29, 0.717) is 29.0 Å². The number of nitrogens with zero attached hydrogens (tertiary/aromatic N) is 5. The average molecular weight is 410 g/mol. The van der Waals surface area contributed by atoms with Crippen LogP contribution in [0.4, 0.5) is 11.4 Å². The zero-order valence-corrected chi connectivity index (χ0v) is 16.0. The summed E-state index contributed by atoms with van der Waals surface area (Å²) in [6.07, 6.45) is 1.76. The Morgan fingerprint density at radius 3 is 2.79 bits per heavy atom. The van der Waals surface area contributed by atoms with Gasteiger partial charge in [0.05, 0.1) is 22.1 Å². The van der Waals surface area contributed by atoms with Gasteiger partial charge in [0, 0.05) is 35.8 Å². The van der Waals surface area contributed by atoms with Crippen LogP contribution in [-0.2, 0) is 0 Å². The Bertz CT molecular complexity index is 1090. The number of benzene rings is 2. The number of halogens is 1. The van der Waals surface area contributed by atoms with Crippen LogP contribution in [0.15, 0.2) is 47.0 Å². The maximum atomic E-state index is 11.0. The molecule has 29 heavy (non-hydrogen) atoms. The minimum atomic E-state index is -0.500. The highest BCUT2D eigenvalue weighted by atomic mass is 35.5. The molecule has 0 saturated carbocycles. The molecule has 1 aromatic heterocycles. The van der Waals surface area contributed by atoms with Crippen molar-refractivity contribution in [3.8, 4) is 17.5 Å². The molecule has 9 heteroatoms. The van der Waals surface area contributed by atoms with Gasteiger partial charge in [-0.15, -0.1) is 0 Å². The SMILES string of the molecule is N#Cc1cc([N+](=O)[O-])ccc1N1CCCC(c2nc(-c3ccc(Cl)cc3)no2)C1. The minimum absolute atomic E-state index is 0.0130. The number of hydrogen-bond donors (Lipinski definition) is 0. The third kappa shape index (κ3) is 3.91. The van der Waals surface area contributed by atoms with Gasteiger partial charge in [0.1, 0.15) is 6.07 Å². The number of nitro groups is 1. The Hall–Kier alpha value is -3.44. The number of hydrogen-bond acceptors (Lipinski definition) is 7. The molecule has 146 valence electrons. The van der Waals surface area contributed by atoms with Gasteiger partial charge in [-0.3, -0.25) is 10.1 Å². The van der Waals surface area contributed by atoms with Gasteiger partial charge in [-0.25, -0.2) is 0 Å². The van der Waals surface area contributed by atoms with Gasteiger partial charge in [-0.05, 0) is 43.2 Å². The van der Waals surface area contributed by atoms with E-state index in [0.717, 1.165) is 24.9 Å². The summed E-state index contributed by atoms with van der Waals surface area (Å²) in [6, 6.07) is 13.6. The number of rotatable bonds is 4. The fourth-order valence-corrected chi connectivity index (χ4v) is 3.64. The number of non-ortho nitro benzene ring substituents is 1. The van der Waals surface area contributed by atoms with Crippen molar-refractivity contribution in [2.75, 3.05) is 18.0 Å². The quantitative estimate of drug-likeness (QED) is 0.459. The molecule has 1 fully saturated rings. The zero-order chi connectivity index (χ0) is 20.4. The molecular formula is C20H16ClN5O3. The summed E-state index contributed by atoms with van der Waals surface area (Å²) in [5, 5.41) is 25.1. The first-order chi connectivity index (χ1) is 14.0. The second kappa shape index (κ2) is 7.89. The Morgan fingerprint density at radius 2 is 2.07 bits per heavy atom. The Morgan fingerprint density at radius 1 is 1.28 bits per heavy atom. The molecule has 1 aliphatic heterocycles. The maximum absolute atomic E-state index is 11.0. The summed E-state index contributed by atoms with van der Waals surface area (Å²) in [7, 11) is 0. The number of nitro benzene ring substituents is 1. The monoisotopic (exact) mass is 409 g/mol. The van der Waals surface area contributed by atoms with Crippen LogP contribution in [0.5, 0.6) is 0 Å². The predicted molar refractivity (Wildman–Crippen MR) is 107 cm³/mol. The average Bonchev–Trinajstić information content (AvgIpc) is 3.24. The first-order valence-corrected chi connectivity index (χ1v) is 9.46. The van der Waals surface area contributed by atoms with E-state index in [-0.39, 0.29) is 17.2 Å². The van der Waals surface area contributed by atoms with Crippen LogP contribution in [0.1, 0.15) is 30.2 Å². The van der Waals surface area contributed by atoms with Crippen LogP contribution in [-0.4, -0.2) is 28.2 Å². The summed E-state index contributed by atoms with van der Waals surface area (Å²) in [5.41, 5.74) is 1.69. The normalized spacial score (nSPS) is 16.4. The molecule has 0 spiro atoms. The van der Waals surface area contributed by atoms with E-state index < -0.39 is 4.92 Å². The summed E-state index contributed by atoms with van der Waals surface area (Å²) < 4.78 is 5.51. The van der Waals surface area contributed by atoms with Gasteiger partial charge < -0.3 is 9.42 Å². The van der Waals surface area contributed by atoms with E-state index in [1.165, 1.54) is 12.1 Å². The molecular weight excluding hydrogens is 394 g/mol. The highest BCUT2D eigenvalue weighted by Crippen LogP contribution is 2.33. The first kappa shape index (κ1) is 18.9. The molecule has 8 nitrogen and oxygen atoms in total. The van der Waals surface area contributed by atoms with Crippen LogP contribution in [0.2, 0.25) is 5.02 Å². The largest absolute Gasteiger partial charge is 0.370 e. The predicted octanol–water partition coefficient (Wildman–Crippen LogP) is 4.55. The van der Waals surface area contributed by atoms with Crippen molar-refractivity contribution >= 4 is 23.0 Å². The van der Waals surface area contributed by atoms with Crippen molar-refractivity contribution in [1.82, 2.24) is 10.1 Å². The van der Waals surface area contributed by atoms with Gasteiger partial charge in [0.2, 0.25) is 11.7 Å². The van der Waals surface area contributed by atoms with E-state index in [1.807, 2.05) is 17.0 Å². The van der Waals surface area contributed by atoms with Gasteiger partial charge >= 0.3 is 0 Å². The Labute approximate surface area is 171 Å². The van der Waals surface area contributed by atoms with Crippen LogP contribution >= 0.6 is 11.6 Å². The lowest BCUT2D eigenvalue weighted by Gasteiger charge is -2.33. The smallest absolute Gasteiger partial charge is 0.270 e. The van der Waals surface area contributed by atoms with Crippen LogP contribution in [0.3, 0.4) is 0 Å². The summed E-state index contributed by atoms with van der Waals surface area (Å²) in [6.45, 7) is 1.34. The maximum Gasteiger partial charge on any atom is 0.270 e. The lowest BCUT2D eigenvalue weighted by atomic mass is 9.96. The van der Waals surface area contributed by atoms with Crippen molar-refractivity contribution in [3.05, 3.63) is 69.1 Å². The topological polar surface area (TPSA) is 109 Å². The van der Waals surface area contributed by atoms with Gasteiger partial charge in [0.25, 0.3) is 5.69 Å². The van der Waals surface area contributed by atoms with E-state index in [4.69, 9.17) is 16.1 Å². The first-order valence-electron chi connectivity index (χ1n) is 9.08. The van der Waals surface area contributed by atoms with Crippen LogP contribution in [0.25, 0.3) is 11.4 Å². The lowest BCUT2D eigenvalue weighted by molar-refractivity contribution is -0.384. The van der Waals surface area contributed by atoms with Crippen molar-refractivity contribution in [2.45, 2.75) is 18.8 Å². The molecule has 1 aliphatic rings. The molecule has 4 rings (SSSR count). The van der Waals surface area contributed by atoms with E-state index >= 15 is 0 Å². The van der Waals surface area contributed by atoms with E-state index in [2.05, 4.69) is 16.2 Å². The minimum Gasteiger partial charge on any atom is -0.370 e. The second-order valence-corrected chi connectivity index (χ2v) is 7.26. The summed E-state index contributed by atoms with van der Waals surface area (Å²) in [5.74, 6) is 1.06. The highest BCUT2D eigenvalue weighted by Gasteiger charge is 2.28. The summed E-state index contributed by atoms with van der Waals surface area (Å²) >= 11 is 5.92. The Kier molecular flexibility index (Phi) is 5.14. The number of piperidine rings is 1. The molecule has 1 unspecified atom stereocenters. The molecule has 2 aromatic carbocycles. The number of aromatic nitrogens is 2. The van der Waals surface area contributed by atoms with Crippen LogP contribution in [0, 0.1) is 21.4 Å². The zero-order valence-electron chi connectivity index (χ0n) is 15.3. The van der Waals surface area contributed by atoms with Crippen molar-refractivity contribution in [2.24, 2.45) is 0 Å².